The number of nitrogens with two attached hydrogens (primary N) is 1. The number of fused-ring (bicyclic) bond motifs is 1. The van der Waals surface area contributed by atoms with Gasteiger partial charge in [0.25, 0.3) is 0 Å². The second-order valence-electron chi connectivity index (χ2n) is 4.64. The van der Waals surface area contributed by atoms with Crippen LogP contribution in [-0.4, -0.2) is 9.55 Å². The Balaban J connectivity index is 2.06. The van der Waals surface area contributed by atoms with Crippen LogP contribution in [0.3, 0.4) is 0 Å². The van der Waals surface area contributed by atoms with E-state index in [1.165, 1.54) is 11.1 Å². The van der Waals surface area contributed by atoms with Gasteiger partial charge in [0.05, 0.1) is 17.6 Å². The largest absolute Gasteiger partial charge is 0.305 e. The monoisotopic (exact) mass is 252 g/mol. The lowest BCUT2D eigenvalue weighted by Crippen LogP contribution is -2.13. The average Bonchev–Trinajstić information content (AvgIpc) is 2.79. The van der Waals surface area contributed by atoms with Gasteiger partial charge >= 0.3 is 0 Å². The number of benzene rings is 2. The summed E-state index contributed by atoms with van der Waals surface area (Å²) in [6, 6.07) is 16.5. The highest BCUT2D eigenvalue weighted by Crippen LogP contribution is 2.20. The molecule has 2 aromatic carbocycles. The summed E-state index contributed by atoms with van der Waals surface area (Å²) in [6.45, 7) is 2.84. The van der Waals surface area contributed by atoms with Gasteiger partial charge in [-0.25, -0.2) is 10.8 Å². The van der Waals surface area contributed by atoms with Crippen LogP contribution in [0, 0.1) is 6.92 Å². The lowest BCUT2D eigenvalue weighted by atomic mass is 10.1. The Morgan fingerprint density at radius 1 is 1.11 bits per heavy atom. The number of nitrogen functional groups attached to an aromatic ring is 1. The van der Waals surface area contributed by atoms with E-state index >= 15 is 0 Å². The van der Waals surface area contributed by atoms with Gasteiger partial charge in [0.1, 0.15) is 0 Å². The van der Waals surface area contributed by atoms with Crippen LogP contribution in [0.25, 0.3) is 11.0 Å². The summed E-state index contributed by atoms with van der Waals surface area (Å²) in [5, 5.41) is 0. The van der Waals surface area contributed by atoms with Gasteiger partial charge in [-0.1, -0.05) is 42.0 Å². The van der Waals surface area contributed by atoms with Gasteiger partial charge in [-0.05, 0) is 24.6 Å². The first-order chi connectivity index (χ1) is 9.28. The Morgan fingerprint density at radius 2 is 1.84 bits per heavy atom. The number of aryl methyl sites for hydroxylation is 1. The fraction of sp³-hybridized carbons (Fsp3) is 0.133. The van der Waals surface area contributed by atoms with Gasteiger partial charge < -0.3 is 4.57 Å². The van der Waals surface area contributed by atoms with Crippen LogP contribution >= 0.6 is 0 Å². The fourth-order valence-corrected chi connectivity index (χ4v) is 2.22. The van der Waals surface area contributed by atoms with Crippen molar-refractivity contribution in [2.45, 2.75) is 13.5 Å². The minimum atomic E-state index is 0.682. The van der Waals surface area contributed by atoms with Gasteiger partial charge in [0.15, 0.2) is 0 Å². The van der Waals surface area contributed by atoms with Gasteiger partial charge in [-0.3, -0.25) is 5.43 Å². The molecule has 0 fully saturated rings. The number of hydrazine groups is 1. The molecule has 0 bridgehead atoms. The minimum absolute atomic E-state index is 0.682. The molecule has 0 aliphatic carbocycles. The summed E-state index contributed by atoms with van der Waals surface area (Å²) in [5.74, 6) is 6.24. The van der Waals surface area contributed by atoms with Crippen LogP contribution in [0.5, 0.6) is 0 Å². The van der Waals surface area contributed by atoms with Crippen LogP contribution in [0.1, 0.15) is 11.1 Å². The maximum atomic E-state index is 5.56. The van der Waals surface area contributed by atoms with E-state index in [0.717, 1.165) is 17.6 Å². The number of para-hydroxylation sites is 2. The Morgan fingerprint density at radius 3 is 2.58 bits per heavy atom. The molecule has 0 atom stereocenters. The van der Waals surface area contributed by atoms with Crippen molar-refractivity contribution in [3.05, 3.63) is 59.7 Å². The zero-order valence-corrected chi connectivity index (χ0v) is 10.8. The molecule has 0 aliphatic rings. The normalized spacial score (nSPS) is 10.8. The van der Waals surface area contributed by atoms with Crippen molar-refractivity contribution in [1.29, 1.82) is 0 Å². The number of hydrogen-bond acceptors (Lipinski definition) is 3. The first-order valence-electron chi connectivity index (χ1n) is 6.25. The molecule has 0 saturated heterocycles. The van der Waals surface area contributed by atoms with E-state index < -0.39 is 0 Å². The zero-order valence-electron chi connectivity index (χ0n) is 10.8. The number of aromatic nitrogens is 2. The summed E-state index contributed by atoms with van der Waals surface area (Å²) < 4.78 is 2.08. The van der Waals surface area contributed by atoms with E-state index in [0.29, 0.717) is 5.95 Å². The second-order valence-corrected chi connectivity index (χ2v) is 4.64. The topological polar surface area (TPSA) is 55.9 Å². The van der Waals surface area contributed by atoms with Crippen LogP contribution in [0.2, 0.25) is 0 Å². The lowest BCUT2D eigenvalue weighted by molar-refractivity contribution is 0.827. The molecular weight excluding hydrogens is 236 g/mol. The lowest BCUT2D eigenvalue weighted by Gasteiger charge is -2.08. The Kier molecular flexibility index (Phi) is 2.93. The highest BCUT2D eigenvalue weighted by atomic mass is 15.3. The van der Waals surface area contributed by atoms with Crippen molar-refractivity contribution in [3.63, 3.8) is 0 Å². The van der Waals surface area contributed by atoms with Gasteiger partial charge in [-0.15, -0.1) is 0 Å². The Bertz CT molecular complexity index is 698. The summed E-state index contributed by atoms with van der Waals surface area (Å²) in [4.78, 5) is 4.47. The molecule has 3 N–H and O–H groups in total. The van der Waals surface area contributed by atoms with Crippen molar-refractivity contribution in [2.75, 3.05) is 5.43 Å². The molecule has 4 nitrogen and oxygen atoms in total. The van der Waals surface area contributed by atoms with Crippen LogP contribution in [0.15, 0.2) is 48.5 Å². The zero-order chi connectivity index (χ0) is 13.2. The van der Waals surface area contributed by atoms with E-state index in [4.69, 9.17) is 5.84 Å². The number of hydrogen-bond donors (Lipinski definition) is 2. The number of anilines is 1. The van der Waals surface area contributed by atoms with Crippen molar-refractivity contribution in [1.82, 2.24) is 9.55 Å². The van der Waals surface area contributed by atoms with Crippen molar-refractivity contribution in [2.24, 2.45) is 5.84 Å². The molecule has 0 unspecified atom stereocenters. The van der Waals surface area contributed by atoms with Crippen LogP contribution in [-0.2, 0) is 6.54 Å². The highest BCUT2D eigenvalue weighted by molar-refractivity contribution is 5.78. The van der Waals surface area contributed by atoms with Gasteiger partial charge in [0.2, 0.25) is 5.95 Å². The molecule has 0 aliphatic heterocycles. The molecule has 96 valence electrons. The maximum absolute atomic E-state index is 5.56. The summed E-state index contributed by atoms with van der Waals surface area (Å²) in [6.07, 6.45) is 0. The molecule has 0 saturated carbocycles. The third-order valence-electron chi connectivity index (χ3n) is 3.24. The highest BCUT2D eigenvalue weighted by Gasteiger charge is 2.09. The molecule has 0 radical (unpaired) electrons. The van der Waals surface area contributed by atoms with Gasteiger partial charge in [0, 0.05) is 0 Å². The third kappa shape index (κ3) is 2.18. The maximum Gasteiger partial charge on any atom is 0.218 e. The van der Waals surface area contributed by atoms with E-state index in [9.17, 15) is 0 Å². The van der Waals surface area contributed by atoms with Crippen molar-refractivity contribution >= 4 is 17.0 Å². The summed E-state index contributed by atoms with van der Waals surface area (Å²) in [7, 11) is 0. The summed E-state index contributed by atoms with van der Waals surface area (Å²) in [5.41, 5.74) is 7.18. The van der Waals surface area contributed by atoms with Crippen LogP contribution < -0.4 is 11.3 Å². The average molecular weight is 252 g/mol. The predicted octanol–water partition coefficient (Wildman–Crippen LogP) is 2.68. The first kappa shape index (κ1) is 11.7. The first-order valence-corrected chi connectivity index (χ1v) is 6.25. The van der Waals surface area contributed by atoms with Crippen molar-refractivity contribution in [3.8, 4) is 0 Å². The van der Waals surface area contributed by atoms with E-state index in [-0.39, 0.29) is 0 Å². The minimum Gasteiger partial charge on any atom is -0.305 e. The van der Waals surface area contributed by atoms with Crippen LogP contribution in [0.4, 0.5) is 5.95 Å². The Labute approximate surface area is 111 Å². The number of rotatable bonds is 3. The molecule has 3 aromatic rings. The molecule has 19 heavy (non-hydrogen) atoms. The quantitative estimate of drug-likeness (QED) is 0.556. The smallest absolute Gasteiger partial charge is 0.218 e. The van der Waals surface area contributed by atoms with Crippen molar-refractivity contribution < 1.29 is 0 Å². The summed E-state index contributed by atoms with van der Waals surface area (Å²) >= 11 is 0. The molecular formula is C15H16N4. The third-order valence-corrected chi connectivity index (χ3v) is 3.24. The number of nitrogens with one attached hydrogen (secondary N) is 1. The Hall–Kier alpha value is -2.33. The molecule has 1 heterocycles. The molecule has 1 aromatic heterocycles. The van der Waals surface area contributed by atoms with E-state index in [1.54, 1.807) is 0 Å². The SMILES string of the molecule is Cc1ccc(Cn2c(NN)nc3ccccc32)cc1. The fourth-order valence-electron chi connectivity index (χ4n) is 2.22. The molecule has 3 rings (SSSR count). The molecule has 0 spiro atoms. The van der Waals surface area contributed by atoms with E-state index in [2.05, 4.69) is 52.2 Å². The second kappa shape index (κ2) is 4.74. The number of imidazole rings is 1. The predicted molar refractivity (Wildman–Crippen MR) is 77.8 cm³/mol. The van der Waals surface area contributed by atoms with E-state index in [1.807, 2.05) is 18.2 Å². The molecule has 0 amide bonds. The number of nitrogens with zero attached hydrogens (tertiary/aromatic N) is 2. The molecule has 4 heteroatoms. The van der Waals surface area contributed by atoms with Gasteiger partial charge in [-0.2, -0.15) is 0 Å². The standard InChI is InChI=1S/C15H16N4/c1-11-6-8-12(9-7-11)10-19-14-5-3-2-4-13(14)17-15(19)18-16/h2-9H,10,16H2,1H3,(H,17,18).